The normalized spacial score (nSPS) is 16.8. The first-order valence-electron chi connectivity index (χ1n) is 9.34. The highest BCUT2D eigenvalue weighted by Gasteiger charge is 2.16. The van der Waals surface area contributed by atoms with Gasteiger partial charge in [0.2, 0.25) is 15.9 Å². The fourth-order valence-electron chi connectivity index (χ4n) is 2.60. The Hall–Kier alpha value is -1.52. The van der Waals surface area contributed by atoms with Gasteiger partial charge in [-0.15, -0.1) is 0 Å². The number of nitrogens with one attached hydrogen (secondary N) is 3. The molecule has 0 spiro atoms. The molecule has 1 amide bonds. The third kappa shape index (κ3) is 7.55. The van der Waals surface area contributed by atoms with E-state index in [1.807, 2.05) is 13.8 Å². The maximum atomic E-state index is 12.2. The summed E-state index contributed by atoms with van der Waals surface area (Å²) in [4.78, 5) is 14.5. The zero-order chi connectivity index (χ0) is 19.7. The Morgan fingerprint density at radius 3 is 2.52 bits per heavy atom. The quantitative estimate of drug-likeness (QED) is 0.500. The van der Waals surface area contributed by atoms with E-state index < -0.39 is 10.0 Å². The van der Waals surface area contributed by atoms with E-state index in [1.165, 1.54) is 12.1 Å². The molecule has 0 radical (unpaired) electrons. The lowest BCUT2D eigenvalue weighted by molar-refractivity contribution is -0.115. The second kappa shape index (κ2) is 10.7. The van der Waals surface area contributed by atoms with Crippen molar-refractivity contribution in [1.29, 1.82) is 0 Å². The van der Waals surface area contributed by atoms with Crippen LogP contribution >= 0.6 is 0 Å². The third-order valence-corrected chi connectivity index (χ3v) is 6.02. The predicted octanol–water partition coefficient (Wildman–Crippen LogP) is 0.624. The van der Waals surface area contributed by atoms with Gasteiger partial charge in [-0.1, -0.05) is 6.92 Å². The Morgan fingerprint density at radius 2 is 1.89 bits per heavy atom. The molecule has 1 aliphatic rings. The van der Waals surface area contributed by atoms with Gasteiger partial charge < -0.3 is 15.4 Å². The Bertz CT molecular complexity index is 688. The molecule has 8 nitrogen and oxygen atoms in total. The van der Waals surface area contributed by atoms with Gasteiger partial charge in [0.15, 0.2) is 0 Å². The summed E-state index contributed by atoms with van der Waals surface area (Å²) in [6.07, 6.45) is 0.714. The Balaban J connectivity index is 1.74. The van der Waals surface area contributed by atoms with Crippen LogP contribution in [0.4, 0.5) is 5.69 Å². The molecule has 0 unspecified atom stereocenters. The maximum Gasteiger partial charge on any atom is 0.240 e. The molecule has 1 aliphatic heterocycles. The molecule has 1 fully saturated rings. The average molecular weight is 399 g/mol. The number of carbonyl (C=O) groups excluding carboxylic acids is 1. The minimum absolute atomic E-state index is 0.127. The van der Waals surface area contributed by atoms with Crippen molar-refractivity contribution in [3.05, 3.63) is 24.3 Å². The largest absolute Gasteiger partial charge is 0.379 e. The van der Waals surface area contributed by atoms with Gasteiger partial charge in [0.25, 0.3) is 0 Å². The summed E-state index contributed by atoms with van der Waals surface area (Å²) in [5, 5.41) is 5.88. The third-order valence-electron chi connectivity index (χ3n) is 4.41. The van der Waals surface area contributed by atoms with Crippen molar-refractivity contribution in [3.63, 3.8) is 0 Å². The van der Waals surface area contributed by atoms with Crippen LogP contribution in [-0.2, 0) is 19.6 Å². The van der Waals surface area contributed by atoms with Crippen molar-refractivity contribution in [3.8, 4) is 0 Å². The highest BCUT2D eigenvalue weighted by molar-refractivity contribution is 7.89. The molecule has 1 aromatic carbocycles. The molecule has 0 bridgehead atoms. The second-order valence-corrected chi connectivity index (χ2v) is 8.35. The van der Waals surface area contributed by atoms with Crippen LogP contribution in [0.3, 0.4) is 0 Å². The van der Waals surface area contributed by atoms with E-state index in [0.29, 0.717) is 12.1 Å². The fraction of sp³-hybridized carbons (Fsp3) is 0.611. The summed E-state index contributed by atoms with van der Waals surface area (Å²) in [7, 11) is -3.53. The summed E-state index contributed by atoms with van der Waals surface area (Å²) >= 11 is 0. The van der Waals surface area contributed by atoms with Crippen molar-refractivity contribution in [2.45, 2.75) is 31.2 Å². The smallest absolute Gasteiger partial charge is 0.240 e. The van der Waals surface area contributed by atoms with Crippen molar-refractivity contribution in [1.82, 2.24) is 14.9 Å². The molecule has 0 saturated carbocycles. The van der Waals surface area contributed by atoms with E-state index in [9.17, 15) is 13.2 Å². The number of anilines is 1. The number of carbonyl (C=O) groups is 1. The summed E-state index contributed by atoms with van der Waals surface area (Å²) in [6, 6.07) is 6.05. The van der Waals surface area contributed by atoms with Crippen molar-refractivity contribution in [2.24, 2.45) is 0 Å². The van der Waals surface area contributed by atoms with E-state index >= 15 is 0 Å². The topological polar surface area (TPSA) is 99.8 Å². The Kier molecular flexibility index (Phi) is 8.65. The monoisotopic (exact) mass is 398 g/mol. The molecular formula is C18H30N4O4S. The number of rotatable bonds is 10. The van der Waals surface area contributed by atoms with Gasteiger partial charge in [-0.05, 0) is 37.6 Å². The standard InChI is InChI=1S/C18H30N4O4S/c1-3-15(2)21-27(24,25)17-6-4-16(5-7-17)20-18(23)14-19-8-9-22-10-12-26-13-11-22/h4-7,15,19,21H,3,8-14H2,1-2H3,(H,20,23)/t15-/m1/s1. The Labute approximate surface area is 161 Å². The van der Waals surface area contributed by atoms with Gasteiger partial charge in [0, 0.05) is 37.9 Å². The summed E-state index contributed by atoms with van der Waals surface area (Å²) < 4.78 is 32.3. The maximum absolute atomic E-state index is 12.2. The number of hydrogen-bond acceptors (Lipinski definition) is 6. The van der Waals surface area contributed by atoms with E-state index in [4.69, 9.17) is 4.74 Å². The summed E-state index contributed by atoms with van der Waals surface area (Å²) in [6.45, 7) is 8.93. The van der Waals surface area contributed by atoms with Gasteiger partial charge in [0.05, 0.1) is 24.7 Å². The van der Waals surface area contributed by atoms with Crippen LogP contribution in [0, 0.1) is 0 Å². The van der Waals surface area contributed by atoms with Crippen molar-refractivity contribution in [2.75, 3.05) is 51.3 Å². The molecule has 1 aromatic rings. The molecule has 3 N–H and O–H groups in total. The zero-order valence-electron chi connectivity index (χ0n) is 16.0. The fourth-order valence-corrected chi connectivity index (χ4v) is 3.93. The van der Waals surface area contributed by atoms with Crippen molar-refractivity contribution < 1.29 is 17.9 Å². The van der Waals surface area contributed by atoms with Gasteiger partial charge in [-0.25, -0.2) is 13.1 Å². The molecular weight excluding hydrogens is 368 g/mol. The number of morpholine rings is 1. The molecule has 0 aliphatic carbocycles. The van der Waals surface area contributed by atoms with Crippen LogP contribution in [0.15, 0.2) is 29.2 Å². The Morgan fingerprint density at radius 1 is 1.22 bits per heavy atom. The van der Waals surface area contributed by atoms with Crippen LogP contribution in [-0.4, -0.2) is 71.2 Å². The van der Waals surface area contributed by atoms with E-state index in [1.54, 1.807) is 12.1 Å². The zero-order valence-corrected chi connectivity index (χ0v) is 16.8. The van der Waals surface area contributed by atoms with Crippen LogP contribution in [0.5, 0.6) is 0 Å². The molecule has 152 valence electrons. The number of nitrogens with zero attached hydrogens (tertiary/aromatic N) is 1. The molecule has 9 heteroatoms. The molecule has 0 aromatic heterocycles. The van der Waals surface area contributed by atoms with Crippen molar-refractivity contribution >= 4 is 21.6 Å². The van der Waals surface area contributed by atoms with Crippen LogP contribution in [0.1, 0.15) is 20.3 Å². The second-order valence-electron chi connectivity index (χ2n) is 6.63. The van der Waals surface area contributed by atoms with Gasteiger partial charge >= 0.3 is 0 Å². The lowest BCUT2D eigenvalue weighted by Gasteiger charge is -2.26. The molecule has 1 heterocycles. The molecule has 1 saturated heterocycles. The van der Waals surface area contributed by atoms with Gasteiger partial charge in [0.1, 0.15) is 0 Å². The number of hydrogen-bond donors (Lipinski definition) is 3. The summed E-state index contributed by atoms with van der Waals surface area (Å²) in [5.74, 6) is -0.162. The minimum atomic E-state index is -3.53. The molecule has 1 atom stereocenters. The highest BCUT2D eigenvalue weighted by Crippen LogP contribution is 2.14. The average Bonchev–Trinajstić information content (AvgIpc) is 2.66. The van der Waals surface area contributed by atoms with Gasteiger partial charge in [-0.3, -0.25) is 9.69 Å². The first-order chi connectivity index (χ1) is 12.9. The number of sulfonamides is 1. The van der Waals surface area contributed by atoms with E-state index in [-0.39, 0.29) is 23.4 Å². The number of amides is 1. The molecule has 27 heavy (non-hydrogen) atoms. The van der Waals surface area contributed by atoms with Crippen LogP contribution < -0.4 is 15.4 Å². The first-order valence-corrected chi connectivity index (χ1v) is 10.8. The predicted molar refractivity (Wildman–Crippen MR) is 105 cm³/mol. The highest BCUT2D eigenvalue weighted by atomic mass is 32.2. The van der Waals surface area contributed by atoms with Crippen LogP contribution in [0.2, 0.25) is 0 Å². The van der Waals surface area contributed by atoms with E-state index in [0.717, 1.165) is 39.4 Å². The molecule has 2 rings (SSSR count). The summed E-state index contributed by atoms with van der Waals surface area (Å²) in [5.41, 5.74) is 0.567. The SMILES string of the molecule is CC[C@@H](C)NS(=O)(=O)c1ccc(NC(=O)CNCCN2CCOCC2)cc1. The number of benzene rings is 1. The first kappa shape index (κ1) is 21.8. The van der Waals surface area contributed by atoms with E-state index in [2.05, 4.69) is 20.3 Å². The van der Waals surface area contributed by atoms with Gasteiger partial charge in [-0.2, -0.15) is 0 Å². The lowest BCUT2D eigenvalue weighted by Crippen LogP contribution is -2.41. The number of ether oxygens (including phenoxy) is 1. The lowest BCUT2D eigenvalue weighted by atomic mass is 10.3. The minimum Gasteiger partial charge on any atom is -0.379 e. The van der Waals surface area contributed by atoms with Crippen LogP contribution in [0.25, 0.3) is 0 Å².